The van der Waals surface area contributed by atoms with Gasteiger partial charge in [0, 0.05) is 31.6 Å². The normalized spacial score (nSPS) is 42.6. The predicted molar refractivity (Wildman–Crippen MR) is 85.4 cm³/mol. The van der Waals surface area contributed by atoms with Crippen molar-refractivity contribution in [3.63, 3.8) is 0 Å². The summed E-state index contributed by atoms with van der Waals surface area (Å²) in [5, 5.41) is 0. The first-order chi connectivity index (χ1) is 9.68. The van der Waals surface area contributed by atoms with Crippen molar-refractivity contribution in [1.82, 2.24) is 9.80 Å². The lowest BCUT2D eigenvalue weighted by Gasteiger charge is -2.44. The van der Waals surface area contributed by atoms with E-state index in [0.29, 0.717) is 0 Å². The summed E-state index contributed by atoms with van der Waals surface area (Å²) in [6.45, 7) is 9.67. The van der Waals surface area contributed by atoms with Crippen LogP contribution in [0.5, 0.6) is 0 Å². The van der Waals surface area contributed by atoms with Crippen LogP contribution in [-0.4, -0.2) is 59.5 Å². The molecule has 2 aliphatic carbocycles. The third kappa shape index (κ3) is 1.65. The van der Waals surface area contributed by atoms with E-state index in [1.54, 1.807) is 0 Å². The van der Waals surface area contributed by atoms with Crippen molar-refractivity contribution in [2.24, 2.45) is 16.2 Å². The van der Waals surface area contributed by atoms with Crippen LogP contribution in [0.25, 0.3) is 0 Å². The van der Waals surface area contributed by atoms with Gasteiger partial charge in [-0.25, -0.2) is 0 Å². The third-order valence-corrected chi connectivity index (χ3v) is 8.09. The number of nitrogens with zero attached hydrogens (tertiary/aromatic N) is 2. The quantitative estimate of drug-likeness (QED) is 0.674. The lowest BCUT2D eigenvalue weighted by atomic mass is 9.64. The van der Waals surface area contributed by atoms with E-state index in [-0.39, 0.29) is 27.3 Å². The van der Waals surface area contributed by atoms with Crippen LogP contribution in [0.1, 0.15) is 33.6 Å². The summed E-state index contributed by atoms with van der Waals surface area (Å²) in [4.78, 5) is 30.0. The Hall–Kier alpha value is -0.420. The largest absolute Gasteiger partial charge is 0.340 e. The molecule has 1 amide bonds. The van der Waals surface area contributed by atoms with Crippen molar-refractivity contribution in [1.29, 1.82) is 0 Å². The van der Waals surface area contributed by atoms with Gasteiger partial charge in [-0.3, -0.25) is 9.59 Å². The van der Waals surface area contributed by atoms with Crippen molar-refractivity contribution in [3.05, 3.63) is 0 Å². The van der Waals surface area contributed by atoms with Gasteiger partial charge in [-0.1, -0.05) is 36.7 Å². The van der Waals surface area contributed by atoms with Crippen LogP contribution in [-0.2, 0) is 9.59 Å². The average molecular weight is 357 g/mol. The predicted octanol–water partition coefficient (Wildman–Crippen LogP) is 1.92. The SMILES string of the molecule is CN1CCN(C(=O)[C@@]23CC[C@@](C)(C(=O)[C@@H]2Br)C3(C)C)CC1. The van der Waals surface area contributed by atoms with Crippen LogP contribution in [0, 0.1) is 16.2 Å². The highest BCUT2D eigenvalue weighted by molar-refractivity contribution is 9.10. The number of halogens is 1. The molecule has 0 spiro atoms. The van der Waals surface area contributed by atoms with E-state index in [4.69, 9.17) is 0 Å². The maximum absolute atomic E-state index is 13.3. The second-order valence-corrected chi connectivity index (χ2v) is 8.67. The number of fused-ring (bicyclic) bond motifs is 2. The van der Waals surface area contributed by atoms with Gasteiger partial charge in [0.2, 0.25) is 5.91 Å². The Labute approximate surface area is 135 Å². The molecule has 5 heteroatoms. The van der Waals surface area contributed by atoms with E-state index in [9.17, 15) is 9.59 Å². The summed E-state index contributed by atoms with van der Waals surface area (Å²) in [6, 6.07) is 0. The summed E-state index contributed by atoms with van der Waals surface area (Å²) in [5.41, 5.74) is -1.22. The summed E-state index contributed by atoms with van der Waals surface area (Å²) in [6.07, 6.45) is 1.66. The number of hydrogen-bond donors (Lipinski definition) is 0. The van der Waals surface area contributed by atoms with Gasteiger partial charge in [0.05, 0.1) is 10.2 Å². The van der Waals surface area contributed by atoms with Gasteiger partial charge < -0.3 is 9.80 Å². The molecule has 21 heavy (non-hydrogen) atoms. The van der Waals surface area contributed by atoms with Crippen molar-refractivity contribution >= 4 is 27.6 Å². The molecule has 0 radical (unpaired) electrons. The first kappa shape index (κ1) is 15.5. The fraction of sp³-hybridized carbons (Fsp3) is 0.875. The lowest BCUT2D eigenvalue weighted by molar-refractivity contribution is -0.148. The molecule has 0 aromatic heterocycles. The fourth-order valence-corrected chi connectivity index (χ4v) is 6.22. The van der Waals surface area contributed by atoms with E-state index in [0.717, 1.165) is 39.0 Å². The van der Waals surface area contributed by atoms with Crippen molar-refractivity contribution in [2.75, 3.05) is 33.2 Å². The lowest BCUT2D eigenvalue weighted by Crippen LogP contribution is -2.56. The minimum Gasteiger partial charge on any atom is -0.340 e. The average Bonchev–Trinajstić information content (AvgIpc) is 2.71. The smallest absolute Gasteiger partial charge is 0.231 e. The van der Waals surface area contributed by atoms with Crippen molar-refractivity contribution in [2.45, 2.75) is 38.4 Å². The van der Waals surface area contributed by atoms with Gasteiger partial charge in [-0.15, -0.1) is 0 Å². The van der Waals surface area contributed by atoms with Crippen LogP contribution >= 0.6 is 15.9 Å². The molecule has 0 aromatic carbocycles. The molecular formula is C16H25BrN2O2. The number of carbonyl (C=O) groups excluding carboxylic acids is 2. The molecule has 3 aliphatic rings. The van der Waals surface area contributed by atoms with Crippen LogP contribution < -0.4 is 0 Å². The number of likely N-dealkylation sites (N-methyl/N-ethyl adjacent to an activating group) is 1. The zero-order valence-electron chi connectivity index (χ0n) is 13.4. The van der Waals surface area contributed by atoms with E-state index >= 15 is 0 Å². The van der Waals surface area contributed by atoms with Crippen LogP contribution in [0.2, 0.25) is 0 Å². The Bertz CT molecular complexity index is 499. The minimum atomic E-state index is -0.561. The highest BCUT2D eigenvalue weighted by Gasteiger charge is 2.77. The molecule has 2 bridgehead atoms. The third-order valence-electron chi connectivity index (χ3n) is 6.89. The number of Topliss-reactive ketones (excluding diaryl/α,β-unsaturated/α-hetero) is 1. The highest BCUT2D eigenvalue weighted by atomic mass is 79.9. The second kappa shape index (κ2) is 4.54. The standard InChI is InChI=1S/C16H25BrN2O2/c1-14(2)15(3)5-6-16(14,11(17)12(15)20)13(21)19-9-7-18(4)8-10-19/h11H,5-10H2,1-4H3/t11-,15-,16+/m0/s1. The highest BCUT2D eigenvalue weighted by Crippen LogP contribution is 2.72. The van der Waals surface area contributed by atoms with E-state index < -0.39 is 5.41 Å². The van der Waals surface area contributed by atoms with Gasteiger partial charge in [-0.05, 0) is 25.3 Å². The van der Waals surface area contributed by atoms with Gasteiger partial charge in [-0.2, -0.15) is 0 Å². The first-order valence-electron chi connectivity index (χ1n) is 7.85. The number of carbonyl (C=O) groups is 2. The van der Waals surface area contributed by atoms with Crippen molar-refractivity contribution in [3.8, 4) is 0 Å². The minimum absolute atomic E-state index is 0.192. The molecule has 0 aromatic rings. The molecule has 1 aliphatic heterocycles. The molecule has 2 saturated carbocycles. The maximum Gasteiger partial charge on any atom is 0.231 e. The summed E-state index contributed by atoms with van der Waals surface area (Å²) in [7, 11) is 2.09. The van der Waals surface area contributed by atoms with Crippen LogP contribution in [0.15, 0.2) is 0 Å². The van der Waals surface area contributed by atoms with Crippen LogP contribution in [0.3, 0.4) is 0 Å². The number of hydrogen-bond acceptors (Lipinski definition) is 3. The number of amides is 1. The van der Waals surface area contributed by atoms with E-state index in [2.05, 4.69) is 48.6 Å². The Morgan fingerprint density at radius 2 is 1.71 bits per heavy atom. The Morgan fingerprint density at radius 3 is 2.19 bits per heavy atom. The fourth-order valence-electron chi connectivity index (χ4n) is 4.72. The number of ketones is 1. The summed E-state index contributed by atoms with van der Waals surface area (Å²) >= 11 is 3.60. The molecule has 1 heterocycles. The van der Waals surface area contributed by atoms with Crippen LogP contribution in [0.4, 0.5) is 0 Å². The molecule has 3 fully saturated rings. The summed E-state index contributed by atoms with van der Waals surface area (Å²) < 4.78 is 0. The Balaban J connectivity index is 1.96. The molecule has 118 valence electrons. The van der Waals surface area contributed by atoms with Gasteiger partial charge >= 0.3 is 0 Å². The number of rotatable bonds is 1. The monoisotopic (exact) mass is 356 g/mol. The zero-order chi connectivity index (χ0) is 15.6. The zero-order valence-corrected chi connectivity index (χ0v) is 15.0. The molecule has 0 N–H and O–H groups in total. The van der Waals surface area contributed by atoms with Gasteiger partial charge in [0.25, 0.3) is 0 Å². The Kier molecular flexibility index (Phi) is 3.35. The molecule has 3 atom stereocenters. The Morgan fingerprint density at radius 1 is 1.14 bits per heavy atom. The van der Waals surface area contributed by atoms with E-state index in [1.807, 2.05) is 4.90 Å². The van der Waals surface area contributed by atoms with Gasteiger partial charge in [0.15, 0.2) is 5.78 Å². The molecule has 1 saturated heterocycles. The number of alkyl halides is 1. The second-order valence-electron chi connectivity index (χ2n) is 7.75. The molecule has 0 unspecified atom stereocenters. The summed E-state index contributed by atoms with van der Waals surface area (Å²) in [5.74, 6) is 0.415. The van der Waals surface area contributed by atoms with E-state index in [1.165, 1.54) is 0 Å². The molecule has 3 rings (SSSR count). The van der Waals surface area contributed by atoms with Crippen molar-refractivity contribution < 1.29 is 9.59 Å². The maximum atomic E-state index is 13.3. The van der Waals surface area contributed by atoms with Gasteiger partial charge in [0.1, 0.15) is 0 Å². The number of piperazine rings is 1. The first-order valence-corrected chi connectivity index (χ1v) is 8.76. The topological polar surface area (TPSA) is 40.6 Å². The molecular weight excluding hydrogens is 332 g/mol. The molecule has 4 nitrogen and oxygen atoms in total.